The number of benzene rings is 1. The monoisotopic (exact) mass is 299 g/mol. The lowest BCUT2D eigenvalue weighted by atomic mass is 10.2. The maximum Gasteiger partial charge on any atom is 0.573 e. The van der Waals surface area contributed by atoms with Crippen LogP contribution in [0.1, 0.15) is 5.56 Å². The molecule has 0 spiro atoms. The van der Waals surface area contributed by atoms with Crippen LogP contribution in [0.4, 0.5) is 18.9 Å². The van der Waals surface area contributed by atoms with Crippen LogP contribution < -0.4 is 4.74 Å². The van der Waals surface area contributed by atoms with Crippen LogP contribution in [0, 0.1) is 10.1 Å². The van der Waals surface area contributed by atoms with Gasteiger partial charge in [-0.3, -0.25) is 10.1 Å². The Balaban J connectivity index is 3.07. The van der Waals surface area contributed by atoms with Gasteiger partial charge in [0.15, 0.2) is 0 Å². The molecular weight excluding hydrogens is 295 g/mol. The first-order valence-electron chi connectivity index (χ1n) is 3.92. The van der Waals surface area contributed by atoms with E-state index < -0.39 is 22.7 Å². The van der Waals surface area contributed by atoms with Gasteiger partial charge in [0.05, 0.1) is 11.0 Å². The zero-order valence-corrected chi connectivity index (χ0v) is 9.21. The minimum Gasteiger partial charge on any atom is -0.406 e. The summed E-state index contributed by atoms with van der Waals surface area (Å²) in [5.41, 5.74) is -0.141. The van der Waals surface area contributed by atoms with Gasteiger partial charge in [-0.1, -0.05) is 15.9 Å². The minimum absolute atomic E-state index is 0.176. The number of rotatable bonds is 3. The van der Waals surface area contributed by atoms with E-state index in [1.165, 1.54) is 6.07 Å². The van der Waals surface area contributed by atoms with Crippen LogP contribution in [0.2, 0.25) is 0 Å². The summed E-state index contributed by atoms with van der Waals surface area (Å²) < 4.78 is 39.1. The van der Waals surface area contributed by atoms with Crippen LogP contribution in [0.5, 0.6) is 5.75 Å². The highest BCUT2D eigenvalue weighted by molar-refractivity contribution is 9.08. The lowest BCUT2D eigenvalue weighted by Gasteiger charge is -2.09. The molecule has 4 nitrogen and oxygen atoms in total. The normalized spacial score (nSPS) is 11.2. The number of alkyl halides is 4. The SMILES string of the molecule is O=[N+]([O-])c1cc(OC(F)(F)F)ccc1CBr. The Morgan fingerprint density at radius 3 is 2.50 bits per heavy atom. The average Bonchev–Trinajstić information content (AvgIpc) is 2.15. The molecule has 0 bridgehead atoms. The van der Waals surface area contributed by atoms with Gasteiger partial charge in [0.2, 0.25) is 0 Å². The first-order chi connectivity index (χ1) is 7.33. The van der Waals surface area contributed by atoms with Crippen molar-refractivity contribution in [1.82, 2.24) is 0 Å². The van der Waals surface area contributed by atoms with Crippen molar-refractivity contribution in [3.8, 4) is 5.75 Å². The fourth-order valence-corrected chi connectivity index (χ4v) is 1.50. The summed E-state index contributed by atoms with van der Waals surface area (Å²) in [6, 6.07) is 2.97. The van der Waals surface area contributed by atoms with Gasteiger partial charge in [0.25, 0.3) is 5.69 Å². The summed E-state index contributed by atoms with van der Waals surface area (Å²) in [5.74, 6) is -0.607. The number of halogens is 4. The number of hydrogen-bond acceptors (Lipinski definition) is 3. The molecule has 0 aliphatic heterocycles. The van der Waals surface area contributed by atoms with Crippen molar-refractivity contribution in [2.45, 2.75) is 11.7 Å². The van der Waals surface area contributed by atoms with Crippen LogP contribution in [0.3, 0.4) is 0 Å². The van der Waals surface area contributed by atoms with E-state index >= 15 is 0 Å². The Labute approximate surface area is 96.3 Å². The van der Waals surface area contributed by atoms with Gasteiger partial charge in [0, 0.05) is 10.9 Å². The molecule has 0 fully saturated rings. The van der Waals surface area contributed by atoms with Crippen LogP contribution in [-0.4, -0.2) is 11.3 Å². The van der Waals surface area contributed by atoms with E-state index in [1.807, 2.05) is 0 Å². The second-order valence-corrected chi connectivity index (χ2v) is 3.29. The van der Waals surface area contributed by atoms with Gasteiger partial charge < -0.3 is 4.74 Å². The number of hydrogen-bond donors (Lipinski definition) is 0. The van der Waals surface area contributed by atoms with E-state index in [9.17, 15) is 23.3 Å². The number of nitrogens with zero attached hydrogens (tertiary/aromatic N) is 1. The van der Waals surface area contributed by atoms with Gasteiger partial charge in [-0.25, -0.2) is 0 Å². The predicted molar refractivity (Wildman–Crippen MR) is 52.4 cm³/mol. The fourth-order valence-electron chi connectivity index (χ4n) is 1.02. The van der Waals surface area contributed by atoms with Gasteiger partial charge in [-0.15, -0.1) is 13.2 Å². The Bertz CT molecular complexity index is 408. The van der Waals surface area contributed by atoms with Crippen molar-refractivity contribution in [2.24, 2.45) is 0 Å². The van der Waals surface area contributed by atoms with E-state index in [2.05, 4.69) is 20.7 Å². The van der Waals surface area contributed by atoms with E-state index in [4.69, 9.17) is 0 Å². The van der Waals surface area contributed by atoms with E-state index in [0.29, 0.717) is 0 Å². The zero-order valence-electron chi connectivity index (χ0n) is 7.62. The second kappa shape index (κ2) is 4.69. The van der Waals surface area contributed by atoms with E-state index in [1.54, 1.807) is 0 Å². The largest absolute Gasteiger partial charge is 0.573 e. The lowest BCUT2D eigenvalue weighted by Crippen LogP contribution is -2.17. The van der Waals surface area contributed by atoms with Gasteiger partial charge >= 0.3 is 6.36 Å². The molecule has 1 aromatic carbocycles. The Morgan fingerprint density at radius 1 is 1.44 bits per heavy atom. The smallest absolute Gasteiger partial charge is 0.406 e. The molecule has 0 heterocycles. The Kier molecular flexibility index (Phi) is 3.74. The maximum atomic E-state index is 11.9. The highest BCUT2D eigenvalue weighted by Gasteiger charge is 2.31. The van der Waals surface area contributed by atoms with Crippen LogP contribution >= 0.6 is 15.9 Å². The molecule has 0 saturated carbocycles. The number of ether oxygens (including phenoxy) is 1. The van der Waals surface area contributed by atoms with Crippen molar-refractivity contribution in [3.63, 3.8) is 0 Å². The van der Waals surface area contributed by atoms with Crippen molar-refractivity contribution >= 4 is 21.6 Å². The molecule has 1 aromatic rings. The molecule has 0 aliphatic carbocycles. The average molecular weight is 300 g/mol. The van der Waals surface area contributed by atoms with Gasteiger partial charge in [-0.05, 0) is 12.1 Å². The summed E-state index contributed by atoms with van der Waals surface area (Å²) >= 11 is 3.00. The van der Waals surface area contributed by atoms with Crippen LogP contribution in [-0.2, 0) is 5.33 Å². The van der Waals surface area contributed by atoms with Gasteiger partial charge in [0.1, 0.15) is 5.75 Å². The topological polar surface area (TPSA) is 52.4 Å². The molecule has 0 amide bonds. The summed E-state index contributed by atoms with van der Waals surface area (Å²) in [6.07, 6.45) is -4.86. The summed E-state index contributed by atoms with van der Waals surface area (Å²) in [4.78, 5) is 9.78. The first-order valence-corrected chi connectivity index (χ1v) is 5.04. The number of nitro benzene ring substituents is 1. The lowest BCUT2D eigenvalue weighted by molar-refractivity contribution is -0.385. The predicted octanol–water partition coefficient (Wildman–Crippen LogP) is 3.39. The van der Waals surface area contributed by atoms with Crippen molar-refractivity contribution in [2.75, 3.05) is 0 Å². The first kappa shape index (κ1) is 12.8. The zero-order chi connectivity index (χ0) is 12.3. The van der Waals surface area contributed by atoms with Gasteiger partial charge in [-0.2, -0.15) is 0 Å². The summed E-state index contributed by atoms with van der Waals surface area (Å²) in [6.45, 7) is 0. The molecule has 0 N–H and O–H groups in total. The molecule has 0 aromatic heterocycles. The second-order valence-electron chi connectivity index (χ2n) is 2.73. The summed E-state index contributed by atoms with van der Waals surface area (Å²) in [5, 5.41) is 10.7. The molecule has 0 aliphatic rings. The summed E-state index contributed by atoms with van der Waals surface area (Å²) in [7, 11) is 0. The van der Waals surface area contributed by atoms with E-state index in [0.717, 1.165) is 12.1 Å². The molecule has 8 heteroatoms. The molecule has 1 rings (SSSR count). The minimum atomic E-state index is -4.86. The third-order valence-corrected chi connectivity index (χ3v) is 2.24. The third-order valence-electron chi connectivity index (χ3n) is 1.63. The van der Waals surface area contributed by atoms with E-state index in [-0.39, 0.29) is 10.9 Å². The standard InChI is InChI=1S/C8H5BrF3NO3/c9-4-5-1-2-6(16-8(10,11)12)3-7(5)13(14)15/h1-3H,4H2. The third kappa shape index (κ3) is 3.37. The number of nitro groups is 1. The van der Waals surface area contributed by atoms with Crippen LogP contribution in [0.25, 0.3) is 0 Å². The molecule has 0 saturated heterocycles. The quantitative estimate of drug-likeness (QED) is 0.488. The Hall–Kier alpha value is -1.31. The molecular formula is C8H5BrF3NO3. The molecule has 88 valence electrons. The highest BCUT2D eigenvalue weighted by atomic mass is 79.9. The maximum absolute atomic E-state index is 11.9. The molecule has 0 unspecified atom stereocenters. The molecule has 16 heavy (non-hydrogen) atoms. The van der Waals surface area contributed by atoms with Crippen LogP contribution in [0.15, 0.2) is 18.2 Å². The van der Waals surface area contributed by atoms with Crippen molar-refractivity contribution < 1.29 is 22.8 Å². The van der Waals surface area contributed by atoms with Crippen molar-refractivity contribution in [1.29, 1.82) is 0 Å². The highest BCUT2D eigenvalue weighted by Crippen LogP contribution is 2.29. The molecule has 0 atom stereocenters. The fraction of sp³-hybridized carbons (Fsp3) is 0.250. The Morgan fingerprint density at radius 2 is 2.06 bits per heavy atom. The molecule has 0 radical (unpaired) electrons. The van der Waals surface area contributed by atoms with Crippen molar-refractivity contribution in [3.05, 3.63) is 33.9 Å².